The summed E-state index contributed by atoms with van der Waals surface area (Å²) >= 11 is 0. The lowest BCUT2D eigenvalue weighted by atomic mass is 10.1. The van der Waals surface area contributed by atoms with Crippen molar-refractivity contribution in [2.45, 2.75) is 24.8 Å². The third-order valence-corrected chi connectivity index (χ3v) is 4.80. The van der Waals surface area contributed by atoms with E-state index in [2.05, 4.69) is 14.8 Å². The van der Waals surface area contributed by atoms with Crippen LogP contribution in [0.5, 0.6) is 0 Å². The van der Waals surface area contributed by atoms with Crippen LogP contribution in [0.25, 0.3) is 0 Å². The molecule has 0 saturated heterocycles. The van der Waals surface area contributed by atoms with Gasteiger partial charge in [-0.15, -0.1) is 0 Å². The van der Waals surface area contributed by atoms with E-state index in [1.54, 1.807) is 37.1 Å². The number of hydrogen-bond acceptors (Lipinski definition) is 5. The lowest BCUT2D eigenvalue weighted by Gasteiger charge is -2.11. The monoisotopic (exact) mass is 309 g/mol. The van der Waals surface area contributed by atoms with Crippen molar-refractivity contribution >= 4 is 10.0 Å². The molecule has 7 nitrogen and oxygen atoms in total. The van der Waals surface area contributed by atoms with Crippen LogP contribution in [0.2, 0.25) is 0 Å². The Labute approximate surface area is 124 Å². The van der Waals surface area contributed by atoms with Gasteiger partial charge >= 0.3 is 0 Å². The number of nitrogens with zero attached hydrogens (tertiary/aromatic N) is 3. The van der Waals surface area contributed by atoms with E-state index in [1.165, 1.54) is 0 Å². The van der Waals surface area contributed by atoms with Gasteiger partial charge in [0.15, 0.2) is 5.82 Å². The zero-order valence-electron chi connectivity index (χ0n) is 12.1. The molecule has 0 aliphatic heterocycles. The van der Waals surface area contributed by atoms with Crippen molar-refractivity contribution < 1.29 is 8.42 Å². The molecule has 0 aliphatic carbocycles. The first-order chi connectivity index (χ1) is 9.94. The number of benzene rings is 1. The molecular formula is C13H19N5O2S. The van der Waals surface area contributed by atoms with E-state index < -0.39 is 10.0 Å². The second kappa shape index (κ2) is 6.33. The Bertz CT molecular complexity index is 724. The van der Waals surface area contributed by atoms with Gasteiger partial charge in [-0.05, 0) is 24.1 Å². The minimum atomic E-state index is -3.55. The van der Waals surface area contributed by atoms with Crippen molar-refractivity contribution in [1.29, 1.82) is 0 Å². The van der Waals surface area contributed by atoms with Gasteiger partial charge in [-0.1, -0.05) is 12.1 Å². The Hall–Kier alpha value is -1.77. The molecule has 1 heterocycles. The number of hydrogen-bond donors (Lipinski definition) is 2. The van der Waals surface area contributed by atoms with Crippen LogP contribution >= 0.6 is 0 Å². The van der Waals surface area contributed by atoms with Crippen molar-refractivity contribution in [2.24, 2.45) is 12.8 Å². The van der Waals surface area contributed by atoms with E-state index in [9.17, 15) is 8.42 Å². The van der Waals surface area contributed by atoms with Gasteiger partial charge in [0, 0.05) is 26.6 Å². The van der Waals surface area contributed by atoms with Gasteiger partial charge in [-0.3, -0.25) is 4.68 Å². The van der Waals surface area contributed by atoms with E-state index in [0.29, 0.717) is 24.4 Å². The van der Waals surface area contributed by atoms with Crippen molar-refractivity contribution in [3.8, 4) is 0 Å². The van der Waals surface area contributed by atoms with Crippen LogP contribution in [0.3, 0.4) is 0 Å². The molecule has 1 aromatic carbocycles. The maximum absolute atomic E-state index is 12.3. The summed E-state index contributed by atoms with van der Waals surface area (Å²) in [6.45, 7) is 2.32. The second-order valence-corrected chi connectivity index (χ2v) is 6.46. The molecule has 8 heteroatoms. The van der Waals surface area contributed by atoms with Crippen LogP contribution < -0.4 is 10.5 Å². The van der Waals surface area contributed by atoms with Gasteiger partial charge in [0.25, 0.3) is 0 Å². The normalized spacial score (nSPS) is 11.8. The van der Waals surface area contributed by atoms with Gasteiger partial charge in [-0.25, -0.2) is 18.1 Å². The summed E-state index contributed by atoms with van der Waals surface area (Å²) in [6.07, 6.45) is 2.02. The van der Waals surface area contributed by atoms with Crippen LogP contribution in [0.15, 0.2) is 29.4 Å². The molecule has 0 saturated carbocycles. The summed E-state index contributed by atoms with van der Waals surface area (Å²) in [7, 11) is -1.79. The minimum absolute atomic E-state index is 0.249. The predicted octanol–water partition coefficient (Wildman–Crippen LogP) is 0.103. The lowest BCUT2D eigenvalue weighted by Crippen LogP contribution is -2.27. The quantitative estimate of drug-likeness (QED) is 0.788. The first kappa shape index (κ1) is 15.6. The maximum Gasteiger partial charge on any atom is 0.240 e. The number of rotatable bonds is 6. The molecule has 2 rings (SSSR count). The van der Waals surface area contributed by atoms with Crippen LogP contribution in [0, 0.1) is 6.92 Å². The molecule has 0 bridgehead atoms. The highest BCUT2D eigenvalue weighted by Crippen LogP contribution is 2.18. The molecule has 0 amide bonds. The SMILES string of the molecule is Cc1c(CN)cccc1S(=O)(=O)NCCc1ncn(C)n1. The van der Waals surface area contributed by atoms with Crippen LogP contribution in [0.1, 0.15) is 17.0 Å². The van der Waals surface area contributed by atoms with E-state index in [0.717, 1.165) is 5.56 Å². The van der Waals surface area contributed by atoms with Crippen molar-refractivity contribution in [3.63, 3.8) is 0 Å². The first-order valence-corrected chi connectivity index (χ1v) is 8.05. The lowest BCUT2D eigenvalue weighted by molar-refractivity contribution is 0.579. The number of sulfonamides is 1. The molecule has 3 N–H and O–H groups in total. The highest BCUT2D eigenvalue weighted by atomic mass is 32.2. The Balaban J connectivity index is 2.08. The molecule has 2 aromatic rings. The zero-order valence-corrected chi connectivity index (χ0v) is 12.9. The summed E-state index contributed by atoms with van der Waals surface area (Å²) in [5.74, 6) is 0.604. The number of nitrogens with one attached hydrogen (secondary N) is 1. The molecule has 0 atom stereocenters. The Morgan fingerprint density at radius 1 is 1.38 bits per heavy atom. The summed E-state index contributed by atoms with van der Waals surface area (Å²) in [5.41, 5.74) is 7.11. The van der Waals surface area contributed by atoms with Crippen LogP contribution in [0.4, 0.5) is 0 Å². The van der Waals surface area contributed by atoms with Gasteiger partial charge in [0.05, 0.1) is 4.90 Å². The van der Waals surface area contributed by atoms with Crippen molar-refractivity contribution in [2.75, 3.05) is 6.54 Å². The third-order valence-electron chi connectivity index (χ3n) is 3.19. The Morgan fingerprint density at radius 3 is 2.76 bits per heavy atom. The van der Waals surface area contributed by atoms with Gasteiger partial charge < -0.3 is 5.73 Å². The van der Waals surface area contributed by atoms with Gasteiger partial charge in [0.2, 0.25) is 10.0 Å². The molecule has 1 aromatic heterocycles. The smallest absolute Gasteiger partial charge is 0.240 e. The number of nitrogens with two attached hydrogens (primary N) is 1. The molecular weight excluding hydrogens is 290 g/mol. The largest absolute Gasteiger partial charge is 0.326 e. The summed E-state index contributed by atoms with van der Waals surface area (Å²) in [5, 5.41) is 4.10. The summed E-state index contributed by atoms with van der Waals surface area (Å²) in [6, 6.07) is 5.10. The Morgan fingerprint density at radius 2 is 2.14 bits per heavy atom. The van der Waals surface area contributed by atoms with Crippen LogP contribution in [-0.4, -0.2) is 29.7 Å². The second-order valence-electron chi connectivity index (χ2n) is 4.73. The minimum Gasteiger partial charge on any atom is -0.326 e. The standard InChI is InChI=1S/C13H19N5O2S/c1-10-11(8-14)4-3-5-12(10)21(19,20)16-7-6-13-15-9-18(2)17-13/h3-5,9,16H,6-8,14H2,1-2H3. The molecule has 0 spiro atoms. The molecule has 0 radical (unpaired) electrons. The molecule has 21 heavy (non-hydrogen) atoms. The number of aryl methyl sites for hydroxylation is 1. The Kier molecular flexibility index (Phi) is 4.71. The maximum atomic E-state index is 12.3. The molecule has 114 valence electrons. The van der Waals surface area contributed by atoms with Gasteiger partial charge in [0.1, 0.15) is 6.33 Å². The fraction of sp³-hybridized carbons (Fsp3) is 0.385. The van der Waals surface area contributed by atoms with E-state index in [1.807, 2.05) is 6.07 Å². The van der Waals surface area contributed by atoms with Gasteiger partial charge in [-0.2, -0.15) is 5.10 Å². The average molecular weight is 309 g/mol. The fourth-order valence-electron chi connectivity index (χ4n) is 2.05. The number of aromatic nitrogens is 3. The van der Waals surface area contributed by atoms with Crippen molar-refractivity contribution in [1.82, 2.24) is 19.5 Å². The van der Waals surface area contributed by atoms with Crippen molar-refractivity contribution in [3.05, 3.63) is 41.5 Å². The molecule has 0 fully saturated rings. The van der Waals surface area contributed by atoms with E-state index in [-0.39, 0.29) is 11.4 Å². The van der Waals surface area contributed by atoms with E-state index >= 15 is 0 Å². The van der Waals surface area contributed by atoms with E-state index in [4.69, 9.17) is 5.73 Å². The average Bonchev–Trinajstić information content (AvgIpc) is 2.84. The third kappa shape index (κ3) is 3.66. The van der Waals surface area contributed by atoms with Crippen LogP contribution in [-0.2, 0) is 30.0 Å². The zero-order chi connectivity index (χ0) is 15.5. The fourth-order valence-corrected chi connectivity index (χ4v) is 3.36. The summed E-state index contributed by atoms with van der Waals surface area (Å²) < 4.78 is 28.8. The summed E-state index contributed by atoms with van der Waals surface area (Å²) in [4.78, 5) is 4.32. The predicted molar refractivity (Wildman–Crippen MR) is 79.0 cm³/mol. The highest BCUT2D eigenvalue weighted by Gasteiger charge is 2.17. The molecule has 0 unspecified atom stereocenters. The highest BCUT2D eigenvalue weighted by molar-refractivity contribution is 7.89. The topological polar surface area (TPSA) is 103 Å². The molecule has 0 aliphatic rings. The first-order valence-electron chi connectivity index (χ1n) is 6.57.